The summed E-state index contributed by atoms with van der Waals surface area (Å²) in [6.07, 6.45) is 5.78. The van der Waals surface area contributed by atoms with Gasteiger partial charge in [0.2, 0.25) is 0 Å². The summed E-state index contributed by atoms with van der Waals surface area (Å²) in [5.41, 5.74) is 1.89. The SMILES string of the molecule is O=C(c1ccc(Cn2cncn2)o1)N1CCC(n2cc(COCc3ccccc3)nn2)C1. The highest BCUT2D eigenvalue weighted by Crippen LogP contribution is 2.23. The Labute approximate surface area is 184 Å². The zero-order valence-electron chi connectivity index (χ0n) is 17.4. The molecule has 0 spiro atoms. The molecule has 10 heteroatoms. The quantitative estimate of drug-likeness (QED) is 0.420. The predicted octanol–water partition coefficient (Wildman–Crippen LogP) is 2.31. The van der Waals surface area contributed by atoms with Crippen LogP contribution in [-0.4, -0.2) is 53.7 Å². The molecule has 4 heterocycles. The van der Waals surface area contributed by atoms with Gasteiger partial charge in [0.15, 0.2) is 5.76 Å². The molecule has 5 rings (SSSR count). The van der Waals surface area contributed by atoms with E-state index in [0.29, 0.717) is 44.4 Å². The number of hydrogen-bond donors (Lipinski definition) is 0. The summed E-state index contributed by atoms with van der Waals surface area (Å²) in [6, 6.07) is 13.6. The molecular weight excluding hydrogens is 410 g/mol. The third-order valence-electron chi connectivity index (χ3n) is 5.40. The first kappa shape index (κ1) is 20.1. The Morgan fingerprint density at radius 1 is 1.16 bits per heavy atom. The molecule has 1 atom stereocenters. The Kier molecular flexibility index (Phi) is 5.75. The number of likely N-dealkylation sites (tertiary alicyclic amines) is 1. The highest BCUT2D eigenvalue weighted by molar-refractivity contribution is 5.91. The summed E-state index contributed by atoms with van der Waals surface area (Å²) in [6.45, 7) is 2.56. The Bertz CT molecular complexity index is 1150. The van der Waals surface area contributed by atoms with Crippen molar-refractivity contribution in [1.29, 1.82) is 0 Å². The van der Waals surface area contributed by atoms with Gasteiger partial charge in [0.25, 0.3) is 5.91 Å². The van der Waals surface area contributed by atoms with Gasteiger partial charge in [0.05, 0.1) is 25.5 Å². The van der Waals surface area contributed by atoms with Gasteiger partial charge in [0.1, 0.15) is 30.7 Å². The van der Waals surface area contributed by atoms with Gasteiger partial charge in [-0.05, 0) is 24.1 Å². The van der Waals surface area contributed by atoms with Gasteiger partial charge in [-0.15, -0.1) is 5.10 Å². The number of nitrogens with zero attached hydrogens (tertiary/aromatic N) is 7. The van der Waals surface area contributed by atoms with Gasteiger partial charge >= 0.3 is 0 Å². The molecular formula is C22H23N7O3. The van der Waals surface area contributed by atoms with Crippen LogP contribution in [0, 0.1) is 0 Å². The van der Waals surface area contributed by atoms with Crippen LogP contribution in [0.25, 0.3) is 0 Å². The van der Waals surface area contributed by atoms with E-state index in [9.17, 15) is 4.79 Å². The van der Waals surface area contributed by atoms with Crippen molar-refractivity contribution in [3.63, 3.8) is 0 Å². The normalized spacial score (nSPS) is 16.0. The topological polar surface area (TPSA) is 104 Å². The maximum absolute atomic E-state index is 12.9. The lowest BCUT2D eigenvalue weighted by molar-refractivity contribution is 0.0753. The first-order valence-corrected chi connectivity index (χ1v) is 10.5. The monoisotopic (exact) mass is 433 g/mol. The number of ether oxygens (including phenoxy) is 1. The molecule has 1 saturated heterocycles. The van der Waals surface area contributed by atoms with Crippen LogP contribution in [0.15, 0.2) is 65.7 Å². The summed E-state index contributed by atoms with van der Waals surface area (Å²) in [7, 11) is 0. The lowest BCUT2D eigenvalue weighted by Gasteiger charge is -2.15. The molecule has 4 aromatic rings. The number of furan rings is 1. The molecule has 164 valence electrons. The molecule has 1 amide bonds. The van der Waals surface area contributed by atoms with E-state index in [1.165, 1.54) is 6.33 Å². The smallest absolute Gasteiger partial charge is 0.289 e. The van der Waals surface area contributed by atoms with Crippen molar-refractivity contribution in [1.82, 2.24) is 34.7 Å². The molecule has 1 aliphatic heterocycles. The van der Waals surface area contributed by atoms with Crippen molar-refractivity contribution < 1.29 is 13.9 Å². The third-order valence-corrected chi connectivity index (χ3v) is 5.40. The van der Waals surface area contributed by atoms with E-state index in [2.05, 4.69) is 20.4 Å². The van der Waals surface area contributed by atoms with Crippen LogP contribution in [-0.2, 0) is 24.5 Å². The molecule has 0 saturated carbocycles. The third kappa shape index (κ3) is 4.59. The molecule has 0 radical (unpaired) electrons. The van der Waals surface area contributed by atoms with Crippen LogP contribution < -0.4 is 0 Å². The Morgan fingerprint density at radius 3 is 2.91 bits per heavy atom. The van der Waals surface area contributed by atoms with E-state index < -0.39 is 0 Å². The predicted molar refractivity (Wildman–Crippen MR) is 112 cm³/mol. The number of hydrogen-bond acceptors (Lipinski definition) is 7. The first-order valence-electron chi connectivity index (χ1n) is 10.5. The minimum Gasteiger partial charge on any atom is -0.454 e. The van der Waals surface area contributed by atoms with Crippen molar-refractivity contribution in [2.75, 3.05) is 13.1 Å². The molecule has 32 heavy (non-hydrogen) atoms. The minimum absolute atomic E-state index is 0.0823. The van der Waals surface area contributed by atoms with E-state index in [1.807, 2.05) is 41.2 Å². The molecule has 0 N–H and O–H groups in total. The fourth-order valence-corrected chi connectivity index (χ4v) is 3.76. The lowest BCUT2D eigenvalue weighted by atomic mass is 10.2. The summed E-state index contributed by atoms with van der Waals surface area (Å²) < 4.78 is 14.9. The number of aromatic nitrogens is 6. The van der Waals surface area contributed by atoms with Crippen LogP contribution in [0.4, 0.5) is 0 Å². The second kappa shape index (κ2) is 9.15. The molecule has 1 aromatic carbocycles. The molecule has 1 aliphatic rings. The summed E-state index contributed by atoms with van der Waals surface area (Å²) in [5.74, 6) is 0.865. The number of carbonyl (C=O) groups excluding carboxylic acids is 1. The van der Waals surface area contributed by atoms with Crippen molar-refractivity contribution in [2.45, 2.75) is 32.2 Å². The zero-order chi connectivity index (χ0) is 21.8. The lowest BCUT2D eigenvalue weighted by Crippen LogP contribution is -2.28. The fourth-order valence-electron chi connectivity index (χ4n) is 3.76. The second-order valence-corrected chi connectivity index (χ2v) is 7.72. The van der Waals surface area contributed by atoms with Gasteiger partial charge in [-0.1, -0.05) is 35.5 Å². The maximum atomic E-state index is 12.9. The highest BCUT2D eigenvalue weighted by atomic mass is 16.5. The molecule has 3 aromatic heterocycles. The summed E-state index contributed by atoms with van der Waals surface area (Å²) in [4.78, 5) is 18.5. The van der Waals surface area contributed by atoms with Gasteiger partial charge in [-0.25, -0.2) is 14.3 Å². The van der Waals surface area contributed by atoms with Crippen LogP contribution >= 0.6 is 0 Å². The summed E-state index contributed by atoms with van der Waals surface area (Å²) in [5, 5.41) is 12.5. The van der Waals surface area contributed by atoms with Crippen molar-refractivity contribution in [3.8, 4) is 0 Å². The molecule has 10 nitrogen and oxygen atoms in total. The van der Waals surface area contributed by atoms with Crippen molar-refractivity contribution in [3.05, 3.63) is 84.1 Å². The zero-order valence-corrected chi connectivity index (χ0v) is 17.4. The van der Waals surface area contributed by atoms with E-state index in [4.69, 9.17) is 9.15 Å². The number of rotatable bonds is 8. The maximum Gasteiger partial charge on any atom is 0.289 e. The Balaban J connectivity index is 1.13. The second-order valence-electron chi connectivity index (χ2n) is 7.72. The highest BCUT2D eigenvalue weighted by Gasteiger charge is 2.30. The van der Waals surface area contributed by atoms with Crippen LogP contribution in [0.2, 0.25) is 0 Å². The van der Waals surface area contributed by atoms with E-state index in [0.717, 1.165) is 17.7 Å². The minimum atomic E-state index is -0.121. The Morgan fingerprint density at radius 2 is 2.06 bits per heavy atom. The van der Waals surface area contributed by atoms with E-state index in [1.54, 1.807) is 28.0 Å². The Hall–Kier alpha value is -3.79. The average Bonchev–Trinajstić information content (AvgIpc) is 3.61. The number of amides is 1. The molecule has 1 unspecified atom stereocenters. The largest absolute Gasteiger partial charge is 0.454 e. The standard InChI is InChI=1S/C22H23N7O3/c30-22(21-7-6-20(32-21)12-28-16-23-15-24-28)27-9-8-19(11-27)29-10-18(25-26-29)14-31-13-17-4-2-1-3-5-17/h1-7,10,15-16,19H,8-9,11-14H2. The van der Waals surface area contributed by atoms with Gasteiger partial charge in [0, 0.05) is 13.1 Å². The fraction of sp³-hybridized carbons (Fsp3) is 0.318. The molecule has 0 aliphatic carbocycles. The van der Waals surface area contributed by atoms with Crippen LogP contribution in [0.3, 0.4) is 0 Å². The van der Waals surface area contributed by atoms with Gasteiger partial charge in [-0.2, -0.15) is 5.10 Å². The van der Waals surface area contributed by atoms with Crippen molar-refractivity contribution >= 4 is 5.91 Å². The van der Waals surface area contributed by atoms with Gasteiger partial charge in [-0.3, -0.25) is 4.79 Å². The number of carbonyl (C=O) groups is 1. The number of benzene rings is 1. The summed E-state index contributed by atoms with van der Waals surface area (Å²) >= 11 is 0. The van der Waals surface area contributed by atoms with E-state index in [-0.39, 0.29) is 11.9 Å². The molecule has 0 bridgehead atoms. The van der Waals surface area contributed by atoms with E-state index >= 15 is 0 Å². The average molecular weight is 433 g/mol. The van der Waals surface area contributed by atoms with Gasteiger partial charge < -0.3 is 14.1 Å². The van der Waals surface area contributed by atoms with Crippen molar-refractivity contribution in [2.24, 2.45) is 0 Å². The first-order chi connectivity index (χ1) is 15.7. The van der Waals surface area contributed by atoms with Crippen LogP contribution in [0.1, 0.15) is 40.0 Å². The van der Waals surface area contributed by atoms with Crippen LogP contribution in [0.5, 0.6) is 0 Å². The molecule has 1 fully saturated rings.